The first kappa shape index (κ1) is 22.9. The van der Waals surface area contributed by atoms with Crippen molar-refractivity contribution in [2.75, 3.05) is 6.61 Å². The topological polar surface area (TPSA) is 61.8 Å². The van der Waals surface area contributed by atoms with Crippen molar-refractivity contribution in [1.82, 2.24) is 0 Å². The number of alkyl halides is 3. The highest BCUT2D eigenvalue weighted by atomic mass is 19.4. The summed E-state index contributed by atoms with van der Waals surface area (Å²) in [6.07, 6.45) is -5.37. The van der Waals surface area contributed by atoms with Gasteiger partial charge in [0.15, 0.2) is 18.5 Å². The lowest BCUT2D eigenvalue weighted by Gasteiger charge is -2.14. The number of carbonyl (C=O) groups is 2. The quantitative estimate of drug-likeness (QED) is 0.330. The number of hydrogen-bond donors (Lipinski definition) is 0. The molecule has 0 aliphatic heterocycles. The standard InChI is InChI=1S/C24H19F3O5/c1-16(23(29)30-15-22(28)17-5-3-2-4-6-17)31-19-11-13-21(14-12-19)32-20-9-7-18(8-10-20)24(25,26)27/h2-14,16H,15H2,1H3. The molecule has 0 aliphatic rings. The normalized spacial score (nSPS) is 12.0. The predicted molar refractivity (Wildman–Crippen MR) is 110 cm³/mol. The summed E-state index contributed by atoms with van der Waals surface area (Å²) >= 11 is 0. The largest absolute Gasteiger partial charge is 0.479 e. The summed E-state index contributed by atoms with van der Waals surface area (Å²) in [5, 5.41) is 0. The van der Waals surface area contributed by atoms with Crippen LogP contribution in [0, 0.1) is 0 Å². The van der Waals surface area contributed by atoms with Gasteiger partial charge in [-0.3, -0.25) is 4.79 Å². The fourth-order valence-electron chi connectivity index (χ4n) is 2.65. The average Bonchev–Trinajstić information content (AvgIpc) is 2.79. The Morgan fingerprint density at radius 1 is 0.812 bits per heavy atom. The number of halogens is 3. The van der Waals surface area contributed by atoms with E-state index in [2.05, 4.69) is 0 Å². The van der Waals surface area contributed by atoms with Crippen molar-refractivity contribution < 1.29 is 37.0 Å². The Hall–Kier alpha value is -3.81. The lowest BCUT2D eigenvalue weighted by molar-refractivity contribution is -0.149. The molecule has 166 valence electrons. The van der Waals surface area contributed by atoms with E-state index in [1.807, 2.05) is 0 Å². The Bertz CT molecular complexity index is 1050. The van der Waals surface area contributed by atoms with Gasteiger partial charge in [-0.05, 0) is 55.5 Å². The summed E-state index contributed by atoms with van der Waals surface area (Å²) in [5.41, 5.74) is -0.322. The zero-order valence-electron chi connectivity index (χ0n) is 17.0. The van der Waals surface area contributed by atoms with Crippen LogP contribution in [0.4, 0.5) is 13.2 Å². The van der Waals surface area contributed by atoms with Gasteiger partial charge in [-0.1, -0.05) is 30.3 Å². The molecular weight excluding hydrogens is 425 g/mol. The maximum atomic E-state index is 12.6. The summed E-state index contributed by atoms with van der Waals surface area (Å²) in [7, 11) is 0. The van der Waals surface area contributed by atoms with Crippen LogP contribution in [-0.4, -0.2) is 24.5 Å². The fourth-order valence-corrected chi connectivity index (χ4v) is 2.65. The zero-order chi connectivity index (χ0) is 23.1. The molecule has 0 bridgehead atoms. The second kappa shape index (κ2) is 10.00. The number of carbonyl (C=O) groups excluding carboxylic acids is 2. The smallest absolute Gasteiger partial charge is 0.416 e. The van der Waals surface area contributed by atoms with Gasteiger partial charge in [-0.2, -0.15) is 13.2 Å². The average molecular weight is 444 g/mol. The Labute approximate surface area is 182 Å². The molecule has 0 radical (unpaired) electrons. The molecule has 0 aromatic heterocycles. The molecule has 0 spiro atoms. The summed E-state index contributed by atoms with van der Waals surface area (Å²) in [5.74, 6) is -0.0496. The summed E-state index contributed by atoms with van der Waals surface area (Å²) in [6, 6.07) is 18.9. The molecule has 0 aliphatic carbocycles. The fraction of sp³-hybridized carbons (Fsp3) is 0.167. The maximum absolute atomic E-state index is 12.6. The summed E-state index contributed by atoms with van der Waals surface area (Å²) in [6.45, 7) is 1.10. The SMILES string of the molecule is CC(Oc1ccc(Oc2ccc(C(F)(F)F)cc2)cc1)C(=O)OCC(=O)c1ccccc1. The Kier molecular flexibility index (Phi) is 7.14. The van der Waals surface area contributed by atoms with Crippen molar-refractivity contribution in [3.63, 3.8) is 0 Å². The number of benzene rings is 3. The highest BCUT2D eigenvalue weighted by molar-refractivity contribution is 5.98. The molecule has 3 aromatic rings. The minimum atomic E-state index is -4.41. The molecule has 32 heavy (non-hydrogen) atoms. The minimum absolute atomic E-state index is 0.242. The number of Topliss-reactive ketones (excluding diaryl/α,β-unsaturated/α-hetero) is 1. The van der Waals surface area contributed by atoms with Crippen molar-refractivity contribution in [2.24, 2.45) is 0 Å². The van der Waals surface area contributed by atoms with E-state index in [1.165, 1.54) is 31.2 Å². The third-order valence-electron chi connectivity index (χ3n) is 4.33. The Morgan fingerprint density at radius 2 is 1.34 bits per heavy atom. The van der Waals surface area contributed by atoms with Crippen LogP contribution < -0.4 is 9.47 Å². The molecule has 0 N–H and O–H groups in total. The Balaban J connectivity index is 1.50. The van der Waals surface area contributed by atoms with Crippen LogP contribution in [-0.2, 0) is 15.7 Å². The monoisotopic (exact) mass is 444 g/mol. The first-order valence-electron chi connectivity index (χ1n) is 9.59. The molecule has 3 aromatic carbocycles. The van der Waals surface area contributed by atoms with Gasteiger partial charge in [-0.15, -0.1) is 0 Å². The van der Waals surface area contributed by atoms with Gasteiger partial charge < -0.3 is 14.2 Å². The number of esters is 1. The van der Waals surface area contributed by atoms with Crippen LogP contribution >= 0.6 is 0 Å². The third-order valence-corrected chi connectivity index (χ3v) is 4.33. The molecule has 1 atom stereocenters. The van der Waals surface area contributed by atoms with Crippen molar-refractivity contribution >= 4 is 11.8 Å². The van der Waals surface area contributed by atoms with Crippen molar-refractivity contribution in [3.05, 3.63) is 90.0 Å². The molecule has 1 unspecified atom stereocenters. The molecule has 0 saturated heterocycles. The van der Waals surface area contributed by atoms with Crippen LogP contribution in [0.15, 0.2) is 78.9 Å². The molecule has 3 rings (SSSR count). The van der Waals surface area contributed by atoms with E-state index in [1.54, 1.807) is 42.5 Å². The molecule has 0 amide bonds. The molecular formula is C24H19F3O5. The molecule has 0 fully saturated rings. The molecule has 5 nitrogen and oxygen atoms in total. The summed E-state index contributed by atoms with van der Waals surface area (Å²) in [4.78, 5) is 24.1. The van der Waals surface area contributed by atoms with Crippen LogP contribution in [0.25, 0.3) is 0 Å². The second-order valence-corrected chi connectivity index (χ2v) is 6.75. The number of hydrogen-bond acceptors (Lipinski definition) is 5. The molecule has 8 heteroatoms. The second-order valence-electron chi connectivity index (χ2n) is 6.75. The lowest BCUT2D eigenvalue weighted by Crippen LogP contribution is -2.28. The zero-order valence-corrected chi connectivity index (χ0v) is 17.0. The van der Waals surface area contributed by atoms with E-state index in [0.29, 0.717) is 17.1 Å². The van der Waals surface area contributed by atoms with Gasteiger partial charge in [0.1, 0.15) is 17.2 Å². The summed E-state index contributed by atoms with van der Waals surface area (Å²) < 4.78 is 53.9. The van der Waals surface area contributed by atoms with Gasteiger partial charge >= 0.3 is 12.1 Å². The van der Waals surface area contributed by atoms with Crippen molar-refractivity contribution in [3.8, 4) is 17.2 Å². The van der Waals surface area contributed by atoms with Gasteiger partial charge in [0, 0.05) is 5.56 Å². The van der Waals surface area contributed by atoms with Crippen LogP contribution in [0.3, 0.4) is 0 Å². The van der Waals surface area contributed by atoms with Gasteiger partial charge in [0.05, 0.1) is 5.56 Å². The van der Waals surface area contributed by atoms with Gasteiger partial charge in [0.25, 0.3) is 0 Å². The van der Waals surface area contributed by atoms with E-state index in [0.717, 1.165) is 12.1 Å². The lowest BCUT2D eigenvalue weighted by atomic mass is 10.1. The van der Waals surface area contributed by atoms with Crippen LogP contribution in [0.2, 0.25) is 0 Å². The number of rotatable bonds is 8. The Morgan fingerprint density at radius 3 is 1.91 bits per heavy atom. The minimum Gasteiger partial charge on any atom is -0.479 e. The predicted octanol–water partition coefficient (Wildman–Crippen LogP) is 5.69. The van der Waals surface area contributed by atoms with E-state index < -0.39 is 30.4 Å². The van der Waals surface area contributed by atoms with Crippen LogP contribution in [0.5, 0.6) is 17.2 Å². The third kappa shape index (κ3) is 6.34. The van der Waals surface area contributed by atoms with E-state index in [4.69, 9.17) is 14.2 Å². The van der Waals surface area contributed by atoms with Gasteiger partial charge in [0.2, 0.25) is 0 Å². The van der Waals surface area contributed by atoms with E-state index in [9.17, 15) is 22.8 Å². The highest BCUT2D eigenvalue weighted by Gasteiger charge is 2.30. The molecule has 0 heterocycles. The van der Waals surface area contributed by atoms with E-state index in [-0.39, 0.29) is 11.5 Å². The number of ketones is 1. The van der Waals surface area contributed by atoms with Crippen LogP contribution in [0.1, 0.15) is 22.8 Å². The molecule has 0 saturated carbocycles. The first-order valence-corrected chi connectivity index (χ1v) is 9.59. The van der Waals surface area contributed by atoms with Gasteiger partial charge in [-0.25, -0.2) is 4.79 Å². The van der Waals surface area contributed by atoms with Crippen molar-refractivity contribution in [1.29, 1.82) is 0 Å². The maximum Gasteiger partial charge on any atom is 0.416 e. The number of ether oxygens (including phenoxy) is 3. The van der Waals surface area contributed by atoms with Crippen molar-refractivity contribution in [2.45, 2.75) is 19.2 Å². The highest BCUT2D eigenvalue weighted by Crippen LogP contribution is 2.31. The first-order chi connectivity index (χ1) is 15.2. The van der Waals surface area contributed by atoms with E-state index >= 15 is 0 Å².